The van der Waals surface area contributed by atoms with Crippen molar-refractivity contribution in [3.8, 4) is 5.75 Å². The molecule has 182 valence electrons. The number of hydrogen-bond acceptors (Lipinski definition) is 7. The lowest BCUT2D eigenvalue weighted by Crippen LogP contribution is -2.51. The molecule has 0 radical (unpaired) electrons. The number of hydrogen-bond donors (Lipinski definition) is 2. The van der Waals surface area contributed by atoms with Crippen LogP contribution in [0.3, 0.4) is 0 Å². The molecule has 1 amide bonds. The standard InChI is InChI=1S/C24H24F2N6O3/c25-15-8-28-18-2-4-21(34)32-10-13(22(15)23(18)32)9-31-6-5-17(16(26)11-31)27-7-14-1-3-19-24(29-14)30-20(33)12-35-19/h1-4,8,13,16-17,27H,5-7,9-12H2,(H,29,30,33)/t13?,16-,17+/m1/s1. The Hall–Kier alpha value is -3.44. The van der Waals surface area contributed by atoms with E-state index in [0.717, 1.165) is 0 Å². The van der Waals surface area contributed by atoms with E-state index in [1.54, 1.807) is 22.8 Å². The van der Waals surface area contributed by atoms with Gasteiger partial charge in [0, 0.05) is 49.8 Å². The molecule has 11 heteroatoms. The summed E-state index contributed by atoms with van der Waals surface area (Å²) in [6.07, 6.45) is 0.670. The number of alkyl halides is 1. The normalized spacial score (nSPS) is 23.7. The molecule has 1 fully saturated rings. The third-order valence-electron chi connectivity index (χ3n) is 6.98. The molecule has 0 bridgehead atoms. The van der Waals surface area contributed by atoms with E-state index >= 15 is 4.39 Å². The fourth-order valence-corrected chi connectivity index (χ4v) is 5.31. The molecule has 3 aliphatic heterocycles. The first-order valence-corrected chi connectivity index (χ1v) is 11.7. The number of nitrogens with zero attached hydrogens (tertiary/aromatic N) is 4. The maximum atomic E-state index is 15.1. The van der Waals surface area contributed by atoms with Crippen LogP contribution in [0.1, 0.15) is 23.6 Å². The van der Waals surface area contributed by atoms with Crippen LogP contribution in [0.25, 0.3) is 11.0 Å². The quantitative estimate of drug-likeness (QED) is 0.569. The van der Waals surface area contributed by atoms with Crippen LogP contribution in [-0.2, 0) is 17.9 Å². The number of likely N-dealkylation sites (tertiary alicyclic amines) is 1. The van der Waals surface area contributed by atoms with Crippen molar-refractivity contribution in [2.75, 3.05) is 31.6 Å². The number of piperidine rings is 1. The fourth-order valence-electron chi connectivity index (χ4n) is 5.31. The lowest BCUT2D eigenvalue weighted by atomic mass is 9.97. The van der Waals surface area contributed by atoms with Crippen molar-refractivity contribution < 1.29 is 18.3 Å². The lowest BCUT2D eigenvalue weighted by molar-refractivity contribution is -0.118. The summed E-state index contributed by atoms with van der Waals surface area (Å²) in [6.45, 7) is 2.03. The molecule has 2 N–H and O–H groups in total. The maximum absolute atomic E-state index is 15.1. The predicted molar refractivity (Wildman–Crippen MR) is 124 cm³/mol. The van der Waals surface area contributed by atoms with E-state index in [9.17, 15) is 14.0 Å². The molecule has 0 spiro atoms. The molecule has 1 saturated heterocycles. The van der Waals surface area contributed by atoms with Crippen molar-refractivity contribution in [3.63, 3.8) is 0 Å². The Bertz CT molecular complexity index is 1380. The van der Waals surface area contributed by atoms with Crippen molar-refractivity contribution in [2.45, 2.75) is 37.6 Å². The van der Waals surface area contributed by atoms with E-state index in [4.69, 9.17) is 4.74 Å². The topological polar surface area (TPSA) is 101 Å². The Morgan fingerprint density at radius 2 is 2.09 bits per heavy atom. The van der Waals surface area contributed by atoms with Gasteiger partial charge < -0.3 is 19.9 Å². The van der Waals surface area contributed by atoms with Crippen molar-refractivity contribution in [1.82, 2.24) is 24.8 Å². The largest absolute Gasteiger partial charge is 0.480 e. The number of carbonyl (C=O) groups excluding carboxylic acids is 1. The number of halogens is 2. The number of fused-ring (bicyclic) bond motifs is 1. The highest BCUT2D eigenvalue weighted by Gasteiger charge is 2.34. The molecule has 3 aromatic rings. The molecule has 35 heavy (non-hydrogen) atoms. The Morgan fingerprint density at radius 3 is 2.94 bits per heavy atom. The van der Waals surface area contributed by atoms with Crippen LogP contribution >= 0.6 is 0 Å². The van der Waals surface area contributed by atoms with E-state index in [0.29, 0.717) is 66.5 Å². The molecule has 0 aliphatic carbocycles. The molecule has 0 aromatic carbocycles. The summed E-state index contributed by atoms with van der Waals surface area (Å²) in [7, 11) is 0. The number of amides is 1. The minimum atomic E-state index is -1.11. The van der Waals surface area contributed by atoms with Crippen LogP contribution in [0.4, 0.5) is 14.6 Å². The van der Waals surface area contributed by atoms with E-state index in [1.165, 1.54) is 12.3 Å². The van der Waals surface area contributed by atoms with E-state index in [1.807, 2.05) is 4.90 Å². The maximum Gasteiger partial charge on any atom is 0.263 e. The molecular formula is C24H24F2N6O3. The van der Waals surface area contributed by atoms with Gasteiger partial charge in [-0.1, -0.05) is 0 Å². The number of anilines is 1. The van der Waals surface area contributed by atoms with Gasteiger partial charge in [0.25, 0.3) is 11.5 Å². The van der Waals surface area contributed by atoms with Gasteiger partial charge in [-0.05, 0) is 31.2 Å². The Kier molecular flexibility index (Phi) is 5.45. The van der Waals surface area contributed by atoms with Gasteiger partial charge in [0.2, 0.25) is 0 Å². The highest BCUT2D eigenvalue weighted by atomic mass is 19.1. The molecule has 6 heterocycles. The van der Waals surface area contributed by atoms with Crippen LogP contribution in [0.2, 0.25) is 0 Å². The smallest absolute Gasteiger partial charge is 0.263 e. The summed E-state index contributed by atoms with van der Waals surface area (Å²) in [5.41, 5.74) is 2.14. The van der Waals surface area contributed by atoms with Crippen molar-refractivity contribution in [1.29, 1.82) is 0 Å². The second kappa shape index (κ2) is 8.65. The van der Waals surface area contributed by atoms with Gasteiger partial charge in [0.15, 0.2) is 18.2 Å². The number of pyridine rings is 3. The van der Waals surface area contributed by atoms with Gasteiger partial charge in [-0.15, -0.1) is 0 Å². The summed E-state index contributed by atoms with van der Waals surface area (Å²) < 4.78 is 36.7. The average molecular weight is 482 g/mol. The van der Waals surface area contributed by atoms with Gasteiger partial charge in [-0.2, -0.15) is 0 Å². The SMILES string of the molecule is O=C1COc2ccc(CN[C@H]3CCN(CC4Cn5c(=O)ccc6ncc(F)c4c65)C[C@H]3F)nc2N1. The average Bonchev–Trinajstić information content (AvgIpc) is 3.23. The third kappa shape index (κ3) is 4.04. The lowest BCUT2D eigenvalue weighted by Gasteiger charge is -2.36. The highest BCUT2D eigenvalue weighted by Crippen LogP contribution is 2.35. The first-order chi connectivity index (χ1) is 17.0. The van der Waals surface area contributed by atoms with Gasteiger partial charge >= 0.3 is 0 Å². The monoisotopic (exact) mass is 482 g/mol. The zero-order valence-electron chi connectivity index (χ0n) is 18.8. The van der Waals surface area contributed by atoms with Gasteiger partial charge in [0.1, 0.15) is 12.0 Å². The molecule has 3 atom stereocenters. The Morgan fingerprint density at radius 1 is 1.20 bits per heavy atom. The van der Waals surface area contributed by atoms with Gasteiger partial charge in [-0.25, -0.2) is 13.8 Å². The zero-order chi connectivity index (χ0) is 24.1. The summed E-state index contributed by atoms with van der Waals surface area (Å²) in [4.78, 5) is 34.3. The third-order valence-corrected chi connectivity index (χ3v) is 6.98. The molecule has 3 aliphatic rings. The summed E-state index contributed by atoms with van der Waals surface area (Å²) in [5.74, 6) is -0.0178. The summed E-state index contributed by atoms with van der Waals surface area (Å²) in [6, 6.07) is 6.26. The predicted octanol–water partition coefficient (Wildman–Crippen LogP) is 1.56. The number of ether oxygens (including phenoxy) is 1. The minimum Gasteiger partial charge on any atom is -0.480 e. The molecule has 1 unspecified atom stereocenters. The van der Waals surface area contributed by atoms with E-state index in [-0.39, 0.29) is 36.6 Å². The molecule has 3 aromatic heterocycles. The number of aromatic nitrogens is 3. The molecule has 9 nitrogen and oxygen atoms in total. The second-order valence-electron chi connectivity index (χ2n) is 9.27. The number of nitrogens with one attached hydrogen (secondary N) is 2. The molecule has 6 rings (SSSR count). The van der Waals surface area contributed by atoms with Crippen LogP contribution in [0.15, 0.2) is 35.3 Å². The van der Waals surface area contributed by atoms with E-state index in [2.05, 4.69) is 20.6 Å². The molecule has 0 saturated carbocycles. The molecular weight excluding hydrogens is 458 g/mol. The Labute approximate surface area is 199 Å². The minimum absolute atomic E-state index is 0.0310. The Balaban J connectivity index is 1.09. The van der Waals surface area contributed by atoms with Crippen LogP contribution in [0, 0.1) is 5.82 Å². The first-order valence-electron chi connectivity index (χ1n) is 11.7. The second-order valence-corrected chi connectivity index (χ2v) is 9.27. The van der Waals surface area contributed by atoms with Crippen LogP contribution in [-0.4, -0.2) is 63.8 Å². The van der Waals surface area contributed by atoms with Crippen molar-refractivity contribution >= 4 is 22.8 Å². The van der Waals surface area contributed by atoms with Crippen LogP contribution in [0.5, 0.6) is 5.75 Å². The first kappa shape index (κ1) is 22.1. The summed E-state index contributed by atoms with van der Waals surface area (Å²) in [5, 5.41) is 5.91. The highest BCUT2D eigenvalue weighted by molar-refractivity contribution is 5.94. The fraction of sp³-hybridized carbons (Fsp3) is 0.417. The number of rotatable bonds is 5. The van der Waals surface area contributed by atoms with Crippen LogP contribution < -0.4 is 20.9 Å². The summed E-state index contributed by atoms with van der Waals surface area (Å²) >= 11 is 0. The van der Waals surface area contributed by atoms with Crippen molar-refractivity contribution in [3.05, 3.63) is 57.9 Å². The van der Waals surface area contributed by atoms with Gasteiger partial charge in [0.05, 0.1) is 22.9 Å². The number of carbonyl (C=O) groups is 1. The van der Waals surface area contributed by atoms with Crippen molar-refractivity contribution in [2.24, 2.45) is 0 Å². The van der Waals surface area contributed by atoms with Gasteiger partial charge in [-0.3, -0.25) is 19.5 Å². The van der Waals surface area contributed by atoms with E-state index < -0.39 is 12.0 Å². The zero-order valence-corrected chi connectivity index (χ0v) is 18.8.